The third kappa shape index (κ3) is 3.73. The van der Waals surface area contributed by atoms with Crippen molar-refractivity contribution in [3.8, 4) is 0 Å². The van der Waals surface area contributed by atoms with E-state index >= 15 is 0 Å². The second kappa shape index (κ2) is 7.29. The van der Waals surface area contributed by atoms with Crippen LogP contribution < -0.4 is 10.6 Å². The monoisotopic (exact) mass is 276 g/mol. The lowest BCUT2D eigenvalue weighted by Gasteiger charge is -2.35. The molecule has 0 bridgehead atoms. The fourth-order valence-corrected chi connectivity index (χ4v) is 2.55. The van der Waals surface area contributed by atoms with Gasteiger partial charge in [0, 0.05) is 0 Å². The van der Waals surface area contributed by atoms with Crippen LogP contribution in [0.25, 0.3) is 0 Å². The molecule has 0 aliphatic heterocycles. The molecule has 3 N–H and O–H groups in total. The summed E-state index contributed by atoms with van der Waals surface area (Å²) < 4.78 is 0. The Hall–Kier alpha value is -1.55. The first-order valence-corrected chi connectivity index (χ1v) is 7.47. The third-order valence-corrected chi connectivity index (χ3v) is 4.11. The summed E-state index contributed by atoms with van der Waals surface area (Å²) in [6, 6.07) is 9.83. The normalized spacial score (nSPS) is 17.9. The van der Waals surface area contributed by atoms with Gasteiger partial charge in [-0.2, -0.15) is 0 Å². The van der Waals surface area contributed by atoms with Gasteiger partial charge in [-0.1, -0.05) is 43.7 Å². The Kier molecular flexibility index (Phi) is 5.41. The lowest BCUT2D eigenvalue weighted by atomic mass is 9.77. The Morgan fingerprint density at radius 1 is 1.30 bits per heavy atom. The summed E-state index contributed by atoms with van der Waals surface area (Å²) >= 11 is 0. The lowest BCUT2D eigenvalue weighted by molar-refractivity contribution is 0.194. The zero-order chi connectivity index (χ0) is 14.4. The average Bonchev–Trinajstić information content (AvgIpc) is 2.43. The molecule has 20 heavy (non-hydrogen) atoms. The van der Waals surface area contributed by atoms with Crippen LogP contribution in [0.1, 0.15) is 44.2 Å². The van der Waals surface area contributed by atoms with Crippen molar-refractivity contribution in [3.63, 3.8) is 0 Å². The molecule has 0 saturated heterocycles. The second-order valence-corrected chi connectivity index (χ2v) is 5.48. The molecule has 1 saturated carbocycles. The summed E-state index contributed by atoms with van der Waals surface area (Å²) in [5.74, 6) is 0.525. The predicted molar refractivity (Wildman–Crippen MR) is 79.4 cm³/mol. The van der Waals surface area contributed by atoms with E-state index in [9.17, 15) is 4.79 Å². The Labute approximate surface area is 120 Å². The van der Waals surface area contributed by atoms with Gasteiger partial charge in [-0.3, -0.25) is 0 Å². The van der Waals surface area contributed by atoms with Gasteiger partial charge >= 0.3 is 6.03 Å². The number of carbonyl (C=O) groups excluding carboxylic acids is 1. The maximum absolute atomic E-state index is 12.1. The minimum absolute atomic E-state index is 0.0245. The molecule has 1 fully saturated rings. The summed E-state index contributed by atoms with van der Waals surface area (Å²) in [5, 5.41) is 15.0. The van der Waals surface area contributed by atoms with Crippen molar-refractivity contribution < 1.29 is 9.90 Å². The highest BCUT2D eigenvalue weighted by Gasteiger charge is 2.29. The number of benzene rings is 1. The maximum Gasteiger partial charge on any atom is 0.315 e. The van der Waals surface area contributed by atoms with Crippen LogP contribution in [-0.4, -0.2) is 23.8 Å². The average molecular weight is 276 g/mol. The predicted octanol–water partition coefficient (Wildman–Crippen LogP) is 2.60. The van der Waals surface area contributed by atoms with Crippen molar-refractivity contribution in [2.45, 2.75) is 44.7 Å². The number of amides is 2. The van der Waals surface area contributed by atoms with Crippen LogP contribution in [0.2, 0.25) is 0 Å². The second-order valence-electron chi connectivity index (χ2n) is 5.48. The third-order valence-electron chi connectivity index (χ3n) is 4.11. The summed E-state index contributed by atoms with van der Waals surface area (Å²) in [6.45, 7) is 1.92. The Morgan fingerprint density at radius 2 is 2.00 bits per heavy atom. The van der Waals surface area contributed by atoms with E-state index in [0.29, 0.717) is 5.92 Å². The summed E-state index contributed by atoms with van der Waals surface area (Å²) in [4.78, 5) is 12.1. The van der Waals surface area contributed by atoms with Crippen molar-refractivity contribution in [1.82, 2.24) is 10.6 Å². The van der Waals surface area contributed by atoms with Gasteiger partial charge in [0.05, 0.1) is 18.7 Å². The first-order chi connectivity index (χ1) is 9.74. The van der Waals surface area contributed by atoms with Crippen molar-refractivity contribution in [3.05, 3.63) is 35.9 Å². The highest BCUT2D eigenvalue weighted by atomic mass is 16.3. The topological polar surface area (TPSA) is 61.4 Å². The van der Waals surface area contributed by atoms with E-state index < -0.39 is 0 Å². The molecule has 1 aromatic rings. The fourth-order valence-electron chi connectivity index (χ4n) is 2.55. The van der Waals surface area contributed by atoms with Gasteiger partial charge in [0.25, 0.3) is 0 Å². The Morgan fingerprint density at radius 3 is 2.50 bits per heavy atom. The zero-order valence-corrected chi connectivity index (χ0v) is 12.0. The van der Waals surface area contributed by atoms with Gasteiger partial charge in [-0.25, -0.2) is 4.79 Å². The number of aliphatic hydroxyl groups is 1. The molecule has 1 aliphatic carbocycles. The molecule has 110 valence electrons. The van der Waals surface area contributed by atoms with Gasteiger partial charge < -0.3 is 15.7 Å². The molecule has 0 radical (unpaired) electrons. The minimum Gasteiger partial charge on any atom is -0.394 e. The Bertz CT molecular complexity index is 414. The van der Waals surface area contributed by atoms with E-state index in [1.165, 1.54) is 6.42 Å². The van der Waals surface area contributed by atoms with Crippen LogP contribution >= 0.6 is 0 Å². The maximum atomic E-state index is 12.1. The van der Waals surface area contributed by atoms with Crippen molar-refractivity contribution in [1.29, 1.82) is 0 Å². The number of hydrogen-bond donors (Lipinski definition) is 3. The summed E-state index contributed by atoms with van der Waals surface area (Å²) in [7, 11) is 0. The van der Waals surface area contributed by atoms with E-state index in [1.54, 1.807) is 0 Å². The molecule has 1 aromatic carbocycles. The molecule has 2 unspecified atom stereocenters. The van der Waals surface area contributed by atoms with Gasteiger partial charge in [0.1, 0.15) is 0 Å². The van der Waals surface area contributed by atoms with Gasteiger partial charge in [-0.15, -0.1) is 0 Å². The summed E-state index contributed by atoms with van der Waals surface area (Å²) in [6.07, 6.45) is 4.29. The quantitative estimate of drug-likeness (QED) is 0.748. The first kappa shape index (κ1) is 14.9. The fraction of sp³-hybridized carbons (Fsp3) is 0.562. The smallest absolute Gasteiger partial charge is 0.315 e. The van der Waals surface area contributed by atoms with Crippen molar-refractivity contribution in [2.24, 2.45) is 5.92 Å². The van der Waals surface area contributed by atoms with E-state index in [0.717, 1.165) is 24.8 Å². The number of rotatable bonds is 6. The van der Waals surface area contributed by atoms with Crippen LogP contribution in [0, 0.1) is 5.92 Å². The molecular weight excluding hydrogens is 252 g/mol. The molecular formula is C16H24N2O2. The number of urea groups is 1. The molecule has 2 amide bonds. The SMILES string of the molecule is CCC(CO)NC(=O)NC(c1ccccc1)C1CCC1. The standard InChI is InChI=1S/C16H24N2O2/c1-2-14(11-19)17-16(20)18-15(13-9-6-10-13)12-7-4-3-5-8-12/h3-5,7-8,13-15,19H,2,6,9-11H2,1H3,(H2,17,18,20). The number of aliphatic hydroxyl groups excluding tert-OH is 1. The highest BCUT2D eigenvalue weighted by Crippen LogP contribution is 2.37. The zero-order valence-electron chi connectivity index (χ0n) is 12.0. The Balaban J connectivity index is 1.99. The first-order valence-electron chi connectivity index (χ1n) is 7.47. The van der Waals surface area contributed by atoms with Gasteiger partial charge in [0.2, 0.25) is 0 Å². The number of hydrogen-bond acceptors (Lipinski definition) is 2. The van der Waals surface area contributed by atoms with Crippen molar-refractivity contribution in [2.75, 3.05) is 6.61 Å². The molecule has 0 heterocycles. The molecule has 0 aromatic heterocycles. The van der Waals surface area contributed by atoms with E-state index in [-0.39, 0.29) is 24.7 Å². The lowest BCUT2D eigenvalue weighted by Crippen LogP contribution is -2.46. The largest absolute Gasteiger partial charge is 0.394 e. The number of nitrogens with one attached hydrogen (secondary N) is 2. The van der Waals surface area contributed by atoms with E-state index in [4.69, 9.17) is 5.11 Å². The van der Waals surface area contributed by atoms with Gasteiger partial charge in [0.15, 0.2) is 0 Å². The number of carbonyl (C=O) groups is 1. The van der Waals surface area contributed by atoms with Crippen LogP contribution in [0.4, 0.5) is 4.79 Å². The summed E-state index contributed by atoms with van der Waals surface area (Å²) in [5.41, 5.74) is 1.16. The van der Waals surface area contributed by atoms with Crippen LogP contribution in [0.15, 0.2) is 30.3 Å². The van der Waals surface area contributed by atoms with E-state index in [1.807, 2.05) is 25.1 Å². The van der Waals surface area contributed by atoms with E-state index in [2.05, 4.69) is 22.8 Å². The van der Waals surface area contributed by atoms with Crippen LogP contribution in [-0.2, 0) is 0 Å². The van der Waals surface area contributed by atoms with Crippen LogP contribution in [0.3, 0.4) is 0 Å². The van der Waals surface area contributed by atoms with Crippen LogP contribution in [0.5, 0.6) is 0 Å². The molecule has 2 rings (SSSR count). The molecule has 4 heteroatoms. The van der Waals surface area contributed by atoms with Crippen molar-refractivity contribution >= 4 is 6.03 Å². The molecule has 0 spiro atoms. The molecule has 4 nitrogen and oxygen atoms in total. The molecule has 1 aliphatic rings. The molecule has 2 atom stereocenters. The highest BCUT2D eigenvalue weighted by molar-refractivity contribution is 5.74. The minimum atomic E-state index is -0.188. The van der Waals surface area contributed by atoms with Gasteiger partial charge in [-0.05, 0) is 30.7 Å².